The van der Waals surface area contributed by atoms with E-state index in [2.05, 4.69) is 119 Å². The van der Waals surface area contributed by atoms with Gasteiger partial charge in [-0.25, -0.2) is 0 Å². The Kier molecular flexibility index (Phi) is 8.38. The third-order valence-electron chi connectivity index (χ3n) is 8.73. The molecule has 0 radical (unpaired) electrons. The predicted octanol–water partition coefficient (Wildman–Crippen LogP) is 7.19. The highest BCUT2D eigenvalue weighted by Crippen LogP contribution is 2.37. The van der Waals surface area contributed by atoms with Crippen molar-refractivity contribution in [2.45, 2.75) is 31.7 Å². The molecule has 6 rings (SSSR count). The van der Waals surface area contributed by atoms with Gasteiger partial charge in [-0.3, -0.25) is 9.69 Å². The van der Waals surface area contributed by atoms with Gasteiger partial charge in [0.2, 0.25) is 5.91 Å². The molecule has 1 saturated heterocycles. The van der Waals surface area contributed by atoms with E-state index in [0.29, 0.717) is 19.5 Å². The van der Waals surface area contributed by atoms with Gasteiger partial charge in [0.15, 0.2) is 0 Å². The van der Waals surface area contributed by atoms with Crippen LogP contribution in [0.15, 0.2) is 109 Å². The Balaban J connectivity index is 1.24. The highest BCUT2D eigenvalue weighted by molar-refractivity contribution is 5.88. The molecule has 1 aliphatic heterocycles. The molecular formula is C37H39N3O2. The molecular weight excluding hydrogens is 518 g/mol. The average molecular weight is 558 g/mol. The van der Waals surface area contributed by atoms with Crippen molar-refractivity contribution >= 4 is 16.8 Å². The Morgan fingerprint density at radius 3 is 2.10 bits per heavy atom. The molecule has 1 atom stereocenters. The lowest BCUT2D eigenvalue weighted by molar-refractivity contribution is -0.133. The van der Waals surface area contributed by atoms with Crippen LogP contribution in [0.5, 0.6) is 5.75 Å². The standard InChI is InChI=1S/C37H39N3O2/c1-3-27-16-11-19-32-34(26-38-36(27)32)33(30-17-10-18-31(24-30)42-2)25-35(41)39-20-22-40(23-21-39)37(28-12-6-4-7-13-28)29-14-8-5-9-15-29/h4-19,24,26,33,37-38H,3,20-23,25H2,1-2H3. The number of benzene rings is 4. The lowest BCUT2D eigenvalue weighted by atomic mass is 9.87. The Morgan fingerprint density at radius 2 is 1.45 bits per heavy atom. The predicted molar refractivity (Wildman–Crippen MR) is 170 cm³/mol. The molecule has 1 aromatic heterocycles. The molecule has 42 heavy (non-hydrogen) atoms. The molecule has 5 heteroatoms. The number of piperazine rings is 1. The summed E-state index contributed by atoms with van der Waals surface area (Å²) in [5, 5.41) is 1.19. The molecule has 1 fully saturated rings. The second kappa shape index (κ2) is 12.7. The topological polar surface area (TPSA) is 48.6 Å². The number of nitrogens with zero attached hydrogens (tertiary/aromatic N) is 2. The number of aromatic nitrogens is 1. The minimum Gasteiger partial charge on any atom is -0.497 e. The summed E-state index contributed by atoms with van der Waals surface area (Å²) in [5.74, 6) is 0.924. The SMILES string of the molecule is CCc1cccc2c(C(CC(=O)N3CCN(C(c4ccccc4)c4ccccc4)CC3)c3cccc(OC)c3)c[nH]c12. The summed E-state index contributed by atoms with van der Waals surface area (Å²) < 4.78 is 5.57. The summed E-state index contributed by atoms with van der Waals surface area (Å²) in [6, 6.07) is 36.2. The van der Waals surface area contributed by atoms with Gasteiger partial charge in [0.05, 0.1) is 13.2 Å². The van der Waals surface area contributed by atoms with Gasteiger partial charge in [0.1, 0.15) is 5.75 Å². The fraction of sp³-hybridized carbons (Fsp3) is 0.270. The number of hydrogen-bond donors (Lipinski definition) is 1. The van der Waals surface area contributed by atoms with Crippen molar-refractivity contribution in [1.29, 1.82) is 0 Å². The number of para-hydroxylation sites is 1. The molecule has 0 aliphatic carbocycles. The fourth-order valence-electron chi connectivity index (χ4n) is 6.51. The summed E-state index contributed by atoms with van der Waals surface area (Å²) in [6.07, 6.45) is 3.47. The van der Waals surface area contributed by atoms with E-state index in [9.17, 15) is 4.79 Å². The lowest BCUT2D eigenvalue weighted by Crippen LogP contribution is -2.50. The van der Waals surface area contributed by atoms with Crippen LogP contribution in [0, 0.1) is 0 Å². The van der Waals surface area contributed by atoms with Crippen molar-refractivity contribution in [2.75, 3.05) is 33.3 Å². The van der Waals surface area contributed by atoms with Crippen LogP contribution in [0.2, 0.25) is 0 Å². The van der Waals surface area contributed by atoms with E-state index in [4.69, 9.17) is 4.74 Å². The first-order chi connectivity index (χ1) is 20.7. The number of nitrogens with one attached hydrogen (secondary N) is 1. The maximum absolute atomic E-state index is 14.0. The number of carbonyl (C=O) groups is 1. The zero-order valence-electron chi connectivity index (χ0n) is 24.5. The van der Waals surface area contributed by atoms with Gasteiger partial charge in [0, 0.05) is 55.6 Å². The van der Waals surface area contributed by atoms with Crippen LogP contribution in [0.25, 0.3) is 10.9 Å². The summed E-state index contributed by atoms with van der Waals surface area (Å²) >= 11 is 0. The van der Waals surface area contributed by atoms with Gasteiger partial charge in [-0.15, -0.1) is 0 Å². The summed E-state index contributed by atoms with van der Waals surface area (Å²) in [4.78, 5) is 22.1. The number of methoxy groups -OCH3 is 1. The number of fused-ring (bicyclic) bond motifs is 1. The van der Waals surface area contributed by atoms with Crippen LogP contribution in [0.3, 0.4) is 0 Å². The largest absolute Gasteiger partial charge is 0.497 e. The molecule has 0 saturated carbocycles. The van der Waals surface area contributed by atoms with Crippen molar-refractivity contribution in [3.63, 3.8) is 0 Å². The molecule has 1 amide bonds. The van der Waals surface area contributed by atoms with Gasteiger partial charge in [0.25, 0.3) is 0 Å². The van der Waals surface area contributed by atoms with Gasteiger partial charge < -0.3 is 14.6 Å². The summed E-state index contributed by atoms with van der Waals surface area (Å²) in [6.45, 7) is 5.27. The van der Waals surface area contributed by atoms with E-state index < -0.39 is 0 Å². The second-order valence-electron chi connectivity index (χ2n) is 11.1. The minimum atomic E-state index is -0.0760. The molecule has 5 aromatic rings. The van der Waals surface area contributed by atoms with E-state index in [1.54, 1.807) is 7.11 Å². The highest BCUT2D eigenvalue weighted by atomic mass is 16.5. The number of carbonyl (C=O) groups excluding carboxylic acids is 1. The summed E-state index contributed by atoms with van der Waals surface area (Å²) in [7, 11) is 1.69. The van der Waals surface area contributed by atoms with Crippen LogP contribution in [0.4, 0.5) is 0 Å². The first-order valence-electron chi connectivity index (χ1n) is 15.0. The number of hydrogen-bond acceptors (Lipinski definition) is 3. The molecule has 0 bridgehead atoms. The minimum absolute atomic E-state index is 0.0760. The van der Waals surface area contributed by atoms with Crippen molar-refractivity contribution in [3.8, 4) is 5.75 Å². The zero-order valence-corrected chi connectivity index (χ0v) is 24.5. The smallest absolute Gasteiger partial charge is 0.223 e. The van der Waals surface area contributed by atoms with Gasteiger partial charge in [-0.2, -0.15) is 0 Å². The van der Waals surface area contributed by atoms with E-state index in [1.807, 2.05) is 12.1 Å². The van der Waals surface area contributed by atoms with Crippen LogP contribution >= 0.6 is 0 Å². The van der Waals surface area contributed by atoms with Crippen LogP contribution in [-0.2, 0) is 11.2 Å². The van der Waals surface area contributed by atoms with E-state index in [0.717, 1.165) is 41.9 Å². The third-order valence-corrected chi connectivity index (χ3v) is 8.73. The Hall–Kier alpha value is -4.35. The quantitative estimate of drug-likeness (QED) is 0.209. The Morgan fingerprint density at radius 1 is 0.810 bits per heavy atom. The number of amides is 1. The van der Waals surface area contributed by atoms with Crippen molar-refractivity contribution in [3.05, 3.63) is 137 Å². The fourth-order valence-corrected chi connectivity index (χ4v) is 6.51. The number of rotatable bonds is 9. The average Bonchev–Trinajstić information content (AvgIpc) is 3.49. The molecule has 1 unspecified atom stereocenters. The lowest BCUT2D eigenvalue weighted by Gasteiger charge is -2.40. The van der Waals surface area contributed by atoms with Crippen molar-refractivity contribution in [1.82, 2.24) is 14.8 Å². The highest BCUT2D eigenvalue weighted by Gasteiger charge is 2.30. The molecule has 4 aromatic carbocycles. The zero-order chi connectivity index (χ0) is 28.9. The number of aryl methyl sites for hydroxylation is 1. The van der Waals surface area contributed by atoms with Crippen molar-refractivity contribution < 1.29 is 9.53 Å². The van der Waals surface area contributed by atoms with Crippen molar-refractivity contribution in [2.24, 2.45) is 0 Å². The molecule has 0 spiro atoms. The molecule has 1 N–H and O–H groups in total. The third kappa shape index (κ3) is 5.70. The summed E-state index contributed by atoms with van der Waals surface area (Å²) in [5.41, 5.74) is 7.28. The maximum atomic E-state index is 14.0. The van der Waals surface area contributed by atoms with Crippen LogP contribution in [0.1, 0.15) is 53.1 Å². The van der Waals surface area contributed by atoms with E-state index >= 15 is 0 Å². The van der Waals surface area contributed by atoms with Crippen LogP contribution in [-0.4, -0.2) is 54.0 Å². The van der Waals surface area contributed by atoms with Gasteiger partial charge >= 0.3 is 0 Å². The monoisotopic (exact) mass is 557 g/mol. The second-order valence-corrected chi connectivity index (χ2v) is 11.1. The first kappa shape index (κ1) is 27.8. The number of H-pyrrole nitrogens is 1. The van der Waals surface area contributed by atoms with E-state index in [1.165, 1.54) is 22.1 Å². The van der Waals surface area contributed by atoms with Gasteiger partial charge in [-0.1, -0.05) is 97.9 Å². The van der Waals surface area contributed by atoms with E-state index in [-0.39, 0.29) is 17.9 Å². The number of aromatic amines is 1. The van der Waals surface area contributed by atoms with Crippen LogP contribution < -0.4 is 4.74 Å². The molecule has 2 heterocycles. The Labute approximate surface area is 248 Å². The molecule has 214 valence electrons. The van der Waals surface area contributed by atoms with Gasteiger partial charge in [-0.05, 0) is 46.4 Å². The molecule has 5 nitrogen and oxygen atoms in total. The normalized spacial score (nSPS) is 14.8. The maximum Gasteiger partial charge on any atom is 0.223 e. The molecule has 1 aliphatic rings. The Bertz CT molecular complexity index is 1580. The first-order valence-corrected chi connectivity index (χ1v) is 15.0. The number of ether oxygens (including phenoxy) is 1.